The molecule has 0 unspecified atom stereocenters. The van der Waals surface area contributed by atoms with Gasteiger partial charge in [-0.1, -0.05) is 60.7 Å². The van der Waals surface area contributed by atoms with Gasteiger partial charge in [0.2, 0.25) is 5.91 Å². The standard InChI is InChI=1S/C35H47N5O6S/c1-26(2)46-35(43)39-32(15-16-40-17-19-44-20-18-40)33(41)37-29(21-27-9-5-3-6-10-27)13-14-30(22-28-11-7-4-8-12-28)38-34(42)45-24-31-23-36-25-47-31/h3-12,23,25-26,29-30,32H,13-22,24H2,1-2H3,(H,37,41)(H,38,42)(H,39,43)/t29-,30-,32+/m1/s1. The minimum atomic E-state index is -0.776. The van der Waals surface area contributed by atoms with E-state index in [2.05, 4.69) is 25.8 Å². The molecule has 0 saturated carbocycles. The van der Waals surface area contributed by atoms with Crippen LogP contribution in [0.4, 0.5) is 9.59 Å². The average Bonchev–Trinajstić information content (AvgIpc) is 3.59. The van der Waals surface area contributed by atoms with Crippen LogP contribution in [0.2, 0.25) is 0 Å². The molecule has 3 amide bonds. The number of aromatic nitrogens is 1. The molecule has 11 nitrogen and oxygen atoms in total. The summed E-state index contributed by atoms with van der Waals surface area (Å²) in [5.74, 6) is -0.267. The number of morpholine rings is 1. The van der Waals surface area contributed by atoms with E-state index < -0.39 is 18.2 Å². The number of nitrogens with zero attached hydrogens (tertiary/aromatic N) is 2. The van der Waals surface area contributed by atoms with Crippen LogP contribution in [0.1, 0.15) is 49.1 Å². The molecule has 1 aliphatic rings. The maximum atomic E-state index is 13.8. The van der Waals surface area contributed by atoms with E-state index in [1.54, 1.807) is 25.6 Å². The van der Waals surface area contributed by atoms with E-state index in [1.807, 2.05) is 60.7 Å². The molecule has 0 aliphatic carbocycles. The molecular weight excluding hydrogens is 618 g/mol. The normalized spacial score (nSPS) is 15.3. The number of nitrogens with one attached hydrogen (secondary N) is 3. The fraction of sp³-hybridized carbons (Fsp3) is 0.486. The molecule has 2 heterocycles. The number of benzene rings is 2. The van der Waals surface area contributed by atoms with Crippen molar-refractivity contribution in [1.82, 2.24) is 25.8 Å². The van der Waals surface area contributed by atoms with Crippen molar-refractivity contribution in [2.75, 3.05) is 32.8 Å². The number of ether oxygens (including phenoxy) is 3. The van der Waals surface area contributed by atoms with E-state index in [4.69, 9.17) is 14.2 Å². The summed E-state index contributed by atoms with van der Waals surface area (Å²) < 4.78 is 16.3. The molecule has 0 spiro atoms. The first-order valence-corrected chi connectivity index (χ1v) is 17.2. The third-order valence-corrected chi connectivity index (χ3v) is 8.55. The van der Waals surface area contributed by atoms with Crippen LogP contribution in [0.15, 0.2) is 72.4 Å². The Balaban J connectivity index is 1.45. The van der Waals surface area contributed by atoms with E-state index in [1.165, 1.54) is 11.3 Å². The zero-order valence-corrected chi connectivity index (χ0v) is 28.1. The molecule has 3 N–H and O–H groups in total. The Kier molecular flexibility index (Phi) is 15.0. The van der Waals surface area contributed by atoms with Gasteiger partial charge in [0.1, 0.15) is 12.6 Å². The number of alkyl carbamates (subject to hydrolysis) is 2. The zero-order valence-electron chi connectivity index (χ0n) is 27.3. The highest BCUT2D eigenvalue weighted by atomic mass is 32.1. The van der Waals surface area contributed by atoms with Gasteiger partial charge >= 0.3 is 12.2 Å². The molecule has 1 aliphatic heterocycles. The monoisotopic (exact) mass is 665 g/mol. The number of rotatable bonds is 17. The fourth-order valence-corrected chi connectivity index (χ4v) is 5.91. The van der Waals surface area contributed by atoms with E-state index in [0.29, 0.717) is 51.9 Å². The molecular formula is C35H47N5O6S. The zero-order chi connectivity index (χ0) is 33.3. The van der Waals surface area contributed by atoms with E-state index in [-0.39, 0.29) is 30.7 Å². The Hall–Kier alpha value is -4.00. The number of hydrogen-bond donors (Lipinski definition) is 3. The highest BCUT2D eigenvalue weighted by Crippen LogP contribution is 2.15. The lowest BCUT2D eigenvalue weighted by Crippen LogP contribution is -2.52. The molecule has 0 bridgehead atoms. The molecule has 2 aromatic carbocycles. The van der Waals surface area contributed by atoms with Crippen LogP contribution in [0, 0.1) is 0 Å². The van der Waals surface area contributed by atoms with Gasteiger partial charge in [-0.2, -0.15) is 0 Å². The summed E-state index contributed by atoms with van der Waals surface area (Å²) in [5.41, 5.74) is 3.86. The van der Waals surface area contributed by atoms with Gasteiger partial charge in [-0.05, 0) is 57.1 Å². The van der Waals surface area contributed by atoms with Gasteiger partial charge in [0, 0.05) is 37.9 Å². The van der Waals surface area contributed by atoms with Crippen molar-refractivity contribution < 1.29 is 28.6 Å². The number of hydrogen-bond acceptors (Lipinski definition) is 9. The molecule has 3 aromatic rings. The van der Waals surface area contributed by atoms with Crippen molar-refractivity contribution in [2.45, 2.75) is 76.8 Å². The molecule has 254 valence electrons. The average molecular weight is 666 g/mol. The third kappa shape index (κ3) is 13.7. The molecule has 0 radical (unpaired) electrons. The van der Waals surface area contributed by atoms with Crippen LogP contribution in [-0.4, -0.2) is 85.1 Å². The highest BCUT2D eigenvalue weighted by molar-refractivity contribution is 7.09. The number of thiazole rings is 1. The Morgan fingerprint density at radius 1 is 0.851 bits per heavy atom. The number of amides is 3. The van der Waals surface area contributed by atoms with Crippen molar-refractivity contribution >= 4 is 29.4 Å². The van der Waals surface area contributed by atoms with Gasteiger partial charge < -0.3 is 30.2 Å². The largest absolute Gasteiger partial charge is 0.447 e. The summed E-state index contributed by atoms with van der Waals surface area (Å²) in [6, 6.07) is 18.7. The Bertz CT molecular complexity index is 1340. The van der Waals surface area contributed by atoms with Crippen LogP contribution in [0.3, 0.4) is 0 Å². The summed E-state index contributed by atoms with van der Waals surface area (Å²) in [7, 11) is 0. The van der Waals surface area contributed by atoms with Gasteiger partial charge in [-0.3, -0.25) is 14.7 Å². The first-order chi connectivity index (χ1) is 22.8. The molecule has 1 aromatic heterocycles. The second kappa shape index (κ2) is 19.6. The minimum Gasteiger partial charge on any atom is -0.447 e. The predicted octanol–water partition coefficient (Wildman–Crippen LogP) is 4.71. The molecule has 1 saturated heterocycles. The van der Waals surface area contributed by atoms with Crippen LogP contribution < -0.4 is 16.0 Å². The summed E-state index contributed by atoms with van der Waals surface area (Å²) in [4.78, 5) is 46.4. The molecule has 12 heteroatoms. The van der Waals surface area contributed by atoms with Gasteiger partial charge in [-0.25, -0.2) is 9.59 Å². The molecule has 47 heavy (non-hydrogen) atoms. The Morgan fingerprint density at radius 3 is 2.04 bits per heavy atom. The second-order valence-electron chi connectivity index (χ2n) is 11.9. The van der Waals surface area contributed by atoms with Gasteiger partial charge in [-0.15, -0.1) is 11.3 Å². The van der Waals surface area contributed by atoms with Crippen LogP contribution in [0.25, 0.3) is 0 Å². The minimum absolute atomic E-state index is 0.152. The predicted molar refractivity (Wildman–Crippen MR) is 181 cm³/mol. The van der Waals surface area contributed by atoms with Crippen molar-refractivity contribution in [3.63, 3.8) is 0 Å². The van der Waals surface area contributed by atoms with Crippen LogP contribution >= 0.6 is 11.3 Å². The Morgan fingerprint density at radius 2 is 1.47 bits per heavy atom. The maximum Gasteiger partial charge on any atom is 0.408 e. The van der Waals surface area contributed by atoms with Gasteiger partial charge in [0.05, 0.1) is 29.7 Å². The summed E-state index contributed by atoms with van der Waals surface area (Å²) in [6.45, 7) is 7.19. The maximum absolute atomic E-state index is 13.8. The third-order valence-electron chi connectivity index (χ3n) is 7.80. The van der Waals surface area contributed by atoms with Crippen molar-refractivity contribution in [1.29, 1.82) is 0 Å². The fourth-order valence-electron chi connectivity index (χ4n) is 5.41. The quantitative estimate of drug-likeness (QED) is 0.189. The number of carbonyl (C=O) groups is 3. The molecule has 3 atom stereocenters. The lowest BCUT2D eigenvalue weighted by molar-refractivity contribution is -0.124. The second-order valence-corrected chi connectivity index (χ2v) is 12.9. The SMILES string of the molecule is CC(C)OC(=O)N[C@@H](CCN1CCOCC1)C(=O)N[C@H](CC[C@H](Cc1ccccc1)NC(=O)OCc1cncs1)Cc1ccccc1. The van der Waals surface area contributed by atoms with E-state index in [0.717, 1.165) is 29.1 Å². The summed E-state index contributed by atoms with van der Waals surface area (Å²) >= 11 is 1.43. The summed E-state index contributed by atoms with van der Waals surface area (Å²) in [5, 5.41) is 9.07. The molecule has 4 rings (SSSR count). The van der Waals surface area contributed by atoms with Crippen LogP contribution in [0.5, 0.6) is 0 Å². The van der Waals surface area contributed by atoms with Crippen LogP contribution in [-0.2, 0) is 38.5 Å². The van der Waals surface area contributed by atoms with Crippen molar-refractivity contribution in [3.05, 3.63) is 88.4 Å². The summed E-state index contributed by atoms with van der Waals surface area (Å²) in [6.07, 6.45) is 3.04. The van der Waals surface area contributed by atoms with Crippen molar-refractivity contribution in [2.24, 2.45) is 0 Å². The molecule has 1 fully saturated rings. The van der Waals surface area contributed by atoms with Crippen molar-refractivity contribution in [3.8, 4) is 0 Å². The smallest absolute Gasteiger partial charge is 0.408 e. The topological polar surface area (TPSA) is 131 Å². The highest BCUT2D eigenvalue weighted by Gasteiger charge is 2.26. The van der Waals surface area contributed by atoms with Gasteiger partial charge in [0.15, 0.2) is 0 Å². The lowest BCUT2D eigenvalue weighted by atomic mass is 9.95. The Labute approximate surface area is 281 Å². The van der Waals surface area contributed by atoms with Gasteiger partial charge in [0.25, 0.3) is 0 Å². The first-order valence-electron chi connectivity index (χ1n) is 16.3. The first kappa shape index (κ1) is 35.8. The number of carbonyl (C=O) groups excluding carboxylic acids is 3. The lowest BCUT2D eigenvalue weighted by Gasteiger charge is -2.29. The van der Waals surface area contributed by atoms with E-state index in [9.17, 15) is 14.4 Å². The van der Waals surface area contributed by atoms with E-state index >= 15 is 0 Å².